The average Bonchev–Trinajstić information content (AvgIpc) is 2.98. The average molecular weight is 677 g/mol. The third-order valence-corrected chi connectivity index (χ3v) is 9.99. The minimum absolute atomic E-state index is 0.0807. The summed E-state index contributed by atoms with van der Waals surface area (Å²) in [7, 11) is -0.334. The first-order valence-electron chi connectivity index (χ1n) is 14.2. The van der Waals surface area contributed by atoms with Crippen LogP contribution >= 0.6 is 0 Å². The number of carbonyl (C=O) groups excluding carboxylic acids is 1. The molecule has 4 N–H and O–H groups in total. The van der Waals surface area contributed by atoms with E-state index in [1.807, 2.05) is 0 Å². The van der Waals surface area contributed by atoms with Crippen molar-refractivity contribution in [3.8, 4) is 5.75 Å². The Balaban J connectivity index is 0.000000644. The summed E-state index contributed by atoms with van der Waals surface area (Å²) in [5.41, 5.74) is 7.40. The molecule has 250 valence electrons. The molecule has 1 aliphatic carbocycles. The van der Waals surface area contributed by atoms with Crippen molar-refractivity contribution >= 4 is 44.0 Å². The van der Waals surface area contributed by atoms with Gasteiger partial charge in [-0.2, -0.15) is 13.2 Å². The van der Waals surface area contributed by atoms with Crippen LogP contribution in [0.25, 0.3) is 10.8 Å². The monoisotopic (exact) mass is 676 g/mol. The molecule has 0 bridgehead atoms. The summed E-state index contributed by atoms with van der Waals surface area (Å²) in [4.78, 5) is 28.6. The fourth-order valence-corrected chi connectivity index (χ4v) is 7.06. The summed E-state index contributed by atoms with van der Waals surface area (Å²) in [6, 6.07) is 17.6. The van der Waals surface area contributed by atoms with Crippen LogP contribution in [0.5, 0.6) is 5.75 Å². The highest BCUT2D eigenvalue weighted by molar-refractivity contribution is 7.92. The number of halogens is 4. The van der Waals surface area contributed by atoms with Gasteiger partial charge in [-0.25, -0.2) is 22.6 Å². The van der Waals surface area contributed by atoms with Gasteiger partial charge in [0.05, 0.1) is 22.6 Å². The first-order chi connectivity index (χ1) is 22.1. The highest BCUT2D eigenvalue weighted by Crippen LogP contribution is 2.34. The number of rotatable bonds is 9. The minimum atomic E-state index is -5.08. The Labute approximate surface area is 268 Å². The fraction of sp³-hybridized carbons (Fsp3) is 0.281. The lowest BCUT2D eigenvalue weighted by atomic mass is 10.00. The molecule has 1 heterocycles. The highest BCUT2D eigenvalue weighted by atomic mass is 32.2. The number of hydrogen-bond donors (Lipinski definition) is 3. The number of nitrogens with one attached hydrogen (secondary N) is 1. The number of nitrogen functional groups attached to an aromatic ring is 1. The fourth-order valence-electron chi connectivity index (χ4n) is 4.98. The zero-order valence-corrected chi connectivity index (χ0v) is 26.1. The van der Waals surface area contributed by atoms with E-state index in [-0.39, 0.29) is 33.8 Å². The second-order valence-corrected chi connectivity index (χ2v) is 13.0. The van der Waals surface area contributed by atoms with Gasteiger partial charge in [0, 0.05) is 25.5 Å². The Morgan fingerprint density at radius 1 is 1.11 bits per heavy atom. The molecule has 0 radical (unpaired) electrons. The zero-order chi connectivity index (χ0) is 34.5. The van der Waals surface area contributed by atoms with Crippen molar-refractivity contribution in [3.63, 3.8) is 0 Å². The van der Waals surface area contributed by atoms with Gasteiger partial charge in [-0.1, -0.05) is 36.8 Å². The minimum Gasteiger partial charge on any atom is -0.497 e. The number of nitrogens with two attached hydrogens (primary N) is 1. The molecule has 0 spiro atoms. The first-order valence-corrected chi connectivity index (χ1v) is 15.8. The van der Waals surface area contributed by atoms with Crippen LogP contribution in [-0.2, 0) is 26.0 Å². The SMILES string of the molecule is COc1cccc(C(Nc2cc(F)c3c(N)nccc3c2)C(=O)N(C)Cc2ccccc2S(=O)(=O)C2CCC2)c1.O=C(O)C(F)(F)F. The second-order valence-electron chi connectivity index (χ2n) is 10.8. The molecular formula is C32H32F4N4O6S. The van der Waals surface area contributed by atoms with Crippen LogP contribution in [0.3, 0.4) is 0 Å². The molecule has 1 atom stereocenters. The number of ether oxygens (including phenoxy) is 1. The molecule has 1 unspecified atom stereocenters. The maximum Gasteiger partial charge on any atom is 0.490 e. The predicted octanol–water partition coefficient (Wildman–Crippen LogP) is 5.74. The normalized spacial score (nSPS) is 13.9. The lowest BCUT2D eigenvalue weighted by Crippen LogP contribution is -2.36. The standard InChI is InChI=1S/C30H31FN4O4S.C2HF3O2/c1-35(18-21-7-3-4-12-26(21)40(37,38)24-10-6-11-24)30(36)28(20-8-5-9-23(16-20)39-2)34-22-15-19-13-14-33-29(32)27(19)25(31)17-22;3-2(4,5)1(6)7/h3-5,7-9,12-17,24,28,34H,6,10-11,18H2,1-2H3,(H2,32,33);(H,6,7). The van der Waals surface area contributed by atoms with Gasteiger partial charge in [0.1, 0.15) is 23.4 Å². The number of carboxylic acid groups (broad SMARTS) is 1. The van der Waals surface area contributed by atoms with E-state index in [1.54, 1.807) is 67.7 Å². The Kier molecular flexibility index (Phi) is 10.6. The molecule has 47 heavy (non-hydrogen) atoms. The van der Waals surface area contributed by atoms with Crippen molar-refractivity contribution in [1.29, 1.82) is 0 Å². The van der Waals surface area contributed by atoms with Gasteiger partial charge < -0.3 is 25.8 Å². The van der Waals surface area contributed by atoms with Crippen LogP contribution in [0.4, 0.5) is 29.1 Å². The van der Waals surface area contributed by atoms with Crippen LogP contribution in [0.2, 0.25) is 0 Å². The number of alkyl halides is 3. The summed E-state index contributed by atoms with van der Waals surface area (Å²) in [6.45, 7) is 0.0807. The van der Waals surface area contributed by atoms with Crippen molar-refractivity contribution in [2.75, 3.05) is 25.2 Å². The smallest absolute Gasteiger partial charge is 0.490 e. The number of amides is 1. The number of hydrogen-bond acceptors (Lipinski definition) is 8. The maximum atomic E-state index is 15.0. The highest BCUT2D eigenvalue weighted by Gasteiger charge is 2.38. The summed E-state index contributed by atoms with van der Waals surface area (Å²) < 4.78 is 78.6. The van der Waals surface area contributed by atoms with Gasteiger partial charge in [-0.3, -0.25) is 4.79 Å². The number of anilines is 2. The Hall–Kier alpha value is -4.92. The maximum absolute atomic E-state index is 15.0. The van der Waals surface area contributed by atoms with Crippen LogP contribution in [-0.4, -0.2) is 60.9 Å². The largest absolute Gasteiger partial charge is 0.497 e. The van der Waals surface area contributed by atoms with Crippen molar-refractivity contribution in [2.24, 2.45) is 0 Å². The van der Waals surface area contributed by atoms with E-state index in [2.05, 4.69) is 10.3 Å². The number of aliphatic carboxylic acids is 1. The van der Waals surface area contributed by atoms with E-state index < -0.39 is 33.8 Å². The molecule has 0 aliphatic heterocycles. The Morgan fingerprint density at radius 2 is 1.79 bits per heavy atom. The molecule has 1 fully saturated rings. The molecule has 0 saturated heterocycles. The number of nitrogens with zero attached hydrogens (tertiary/aromatic N) is 2. The van der Waals surface area contributed by atoms with Crippen LogP contribution < -0.4 is 15.8 Å². The summed E-state index contributed by atoms with van der Waals surface area (Å²) >= 11 is 0. The van der Waals surface area contributed by atoms with Crippen molar-refractivity contribution in [1.82, 2.24) is 9.88 Å². The van der Waals surface area contributed by atoms with Gasteiger partial charge in [-0.05, 0) is 65.8 Å². The van der Waals surface area contributed by atoms with E-state index >= 15 is 4.39 Å². The van der Waals surface area contributed by atoms with Gasteiger partial charge in [0.2, 0.25) is 5.91 Å². The van der Waals surface area contributed by atoms with Crippen LogP contribution in [0, 0.1) is 5.82 Å². The number of carbonyl (C=O) groups is 2. The lowest BCUT2D eigenvalue weighted by Gasteiger charge is -2.29. The van der Waals surface area contributed by atoms with Crippen LogP contribution in [0.15, 0.2) is 77.8 Å². The van der Waals surface area contributed by atoms with Gasteiger partial charge >= 0.3 is 12.1 Å². The quantitative estimate of drug-likeness (QED) is 0.189. The first kappa shape index (κ1) is 34.9. The number of pyridine rings is 1. The van der Waals surface area contributed by atoms with E-state index in [0.717, 1.165) is 6.42 Å². The molecule has 5 rings (SSSR count). The van der Waals surface area contributed by atoms with Gasteiger partial charge in [0.25, 0.3) is 0 Å². The van der Waals surface area contributed by atoms with E-state index in [9.17, 15) is 26.4 Å². The summed E-state index contributed by atoms with van der Waals surface area (Å²) in [6.07, 6.45) is -1.39. The summed E-state index contributed by atoms with van der Waals surface area (Å²) in [5, 5.41) is 10.7. The number of likely N-dealkylation sites (N-methyl/N-ethyl adjacent to an activating group) is 1. The summed E-state index contributed by atoms with van der Waals surface area (Å²) in [5.74, 6) is -3.02. The van der Waals surface area contributed by atoms with Crippen LogP contribution in [0.1, 0.15) is 36.4 Å². The third kappa shape index (κ3) is 8.09. The molecule has 3 aromatic carbocycles. The van der Waals surface area contributed by atoms with Crippen molar-refractivity contribution in [3.05, 3.63) is 89.9 Å². The topological polar surface area (TPSA) is 152 Å². The van der Waals surface area contributed by atoms with Crippen molar-refractivity contribution < 1.29 is 45.4 Å². The molecule has 1 aliphatic rings. The lowest BCUT2D eigenvalue weighted by molar-refractivity contribution is -0.192. The zero-order valence-electron chi connectivity index (χ0n) is 25.3. The number of fused-ring (bicyclic) bond motifs is 1. The Morgan fingerprint density at radius 3 is 2.40 bits per heavy atom. The molecule has 4 aromatic rings. The number of benzene rings is 3. The van der Waals surface area contributed by atoms with E-state index in [4.69, 9.17) is 20.4 Å². The van der Waals surface area contributed by atoms with Crippen molar-refractivity contribution in [2.45, 2.75) is 48.2 Å². The molecule has 15 heteroatoms. The Bertz CT molecular complexity index is 1880. The second kappa shape index (κ2) is 14.2. The predicted molar refractivity (Wildman–Crippen MR) is 167 cm³/mol. The third-order valence-electron chi connectivity index (χ3n) is 7.63. The molecule has 1 saturated carbocycles. The van der Waals surface area contributed by atoms with E-state index in [1.165, 1.54) is 24.3 Å². The molecule has 1 amide bonds. The van der Waals surface area contributed by atoms with Gasteiger partial charge in [0.15, 0.2) is 9.84 Å². The van der Waals surface area contributed by atoms with Gasteiger partial charge in [-0.15, -0.1) is 0 Å². The number of aromatic nitrogens is 1. The molecular weight excluding hydrogens is 644 g/mol. The number of carboxylic acids is 1. The van der Waals surface area contributed by atoms with E-state index in [0.29, 0.717) is 40.8 Å². The number of methoxy groups -OCH3 is 1. The number of sulfone groups is 1. The molecule has 1 aromatic heterocycles. The molecule has 10 nitrogen and oxygen atoms in total.